The smallest absolute Gasteiger partial charge is 0.325 e. The van der Waals surface area contributed by atoms with Gasteiger partial charge in [-0.05, 0) is 25.7 Å². The molecule has 2 aliphatic heterocycles. The van der Waals surface area contributed by atoms with Crippen molar-refractivity contribution in [2.45, 2.75) is 37.6 Å². The van der Waals surface area contributed by atoms with Crippen molar-refractivity contribution < 1.29 is 24.6 Å². The molecular weight excluding hydrogens is 290 g/mol. The van der Waals surface area contributed by atoms with Crippen molar-refractivity contribution in [3.63, 3.8) is 0 Å². The number of rotatable bonds is 7. The maximum absolute atomic E-state index is 12.5. The number of urea groups is 1. The zero-order valence-electron chi connectivity index (χ0n) is 12.6. The van der Waals surface area contributed by atoms with Crippen molar-refractivity contribution in [2.75, 3.05) is 32.8 Å². The van der Waals surface area contributed by atoms with Crippen LogP contribution in [-0.2, 0) is 9.59 Å². The van der Waals surface area contributed by atoms with Gasteiger partial charge in [0.05, 0.1) is 0 Å². The highest BCUT2D eigenvalue weighted by Gasteiger charge is 2.51. The maximum Gasteiger partial charge on any atom is 0.325 e. The van der Waals surface area contributed by atoms with E-state index in [1.807, 2.05) is 0 Å². The van der Waals surface area contributed by atoms with Gasteiger partial charge in [0, 0.05) is 39.2 Å². The van der Waals surface area contributed by atoms with Gasteiger partial charge in [-0.15, -0.1) is 0 Å². The van der Waals surface area contributed by atoms with Crippen LogP contribution < -0.4 is 5.32 Å². The second-order valence-corrected chi connectivity index (χ2v) is 5.89. The summed E-state index contributed by atoms with van der Waals surface area (Å²) in [4.78, 5) is 38.4. The summed E-state index contributed by atoms with van der Waals surface area (Å²) < 4.78 is 0. The van der Waals surface area contributed by atoms with Gasteiger partial charge in [-0.3, -0.25) is 14.5 Å². The molecule has 0 unspecified atom stereocenters. The normalized spacial score (nSPS) is 21.4. The third-order valence-electron chi connectivity index (χ3n) is 4.36. The summed E-state index contributed by atoms with van der Waals surface area (Å²) >= 11 is 0. The Morgan fingerprint density at radius 2 is 1.86 bits per heavy atom. The maximum atomic E-state index is 12.5. The molecule has 8 nitrogen and oxygen atoms in total. The molecule has 2 heterocycles. The predicted molar refractivity (Wildman–Crippen MR) is 77.2 cm³/mol. The largest absolute Gasteiger partial charge is 0.481 e. The summed E-state index contributed by atoms with van der Waals surface area (Å²) in [6.07, 6.45) is 2.03. The molecule has 3 amide bonds. The number of carboxylic acids is 1. The number of amides is 3. The molecular formula is C14H23N3O5. The molecule has 0 aromatic carbocycles. The quantitative estimate of drug-likeness (QED) is 0.553. The number of nitrogens with one attached hydrogen (secondary N) is 1. The Labute approximate surface area is 129 Å². The fourth-order valence-corrected chi connectivity index (χ4v) is 3.06. The average molecular weight is 313 g/mol. The van der Waals surface area contributed by atoms with Crippen LogP contribution in [0.4, 0.5) is 4.79 Å². The molecule has 0 saturated carbocycles. The average Bonchev–Trinajstić information content (AvgIpc) is 2.71. The van der Waals surface area contributed by atoms with E-state index in [0.717, 1.165) is 11.4 Å². The lowest BCUT2D eigenvalue weighted by Gasteiger charge is -2.37. The number of nitrogens with zero attached hydrogens (tertiary/aromatic N) is 2. The summed E-state index contributed by atoms with van der Waals surface area (Å²) in [5.41, 5.74) is -0.823. The lowest BCUT2D eigenvalue weighted by molar-refractivity contribution is -0.138. The molecule has 0 bridgehead atoms. The Hall–Kier alpha value is -1.67. The lowest BCUT2D eigenvalue weighted by Crippen LogP contribution is -2.55. The molecule has 22 heavy (non-hydrogen) atoms. The molecule has 3 N–H and O–H groups in total. The van der Waals surface area contributed by atoms with E-state index in [1.165, 1.54) is 0 Å². The summed E-state index contributed by atoms with van der Waals surface area (Å²) in [5, 5.41) is 20.3. The van der Waals surface area contributed by atoms with Crippen molar-refractivity contribution in [2.24, 2.45) is 0 Å². The van der Waals surface area contributed by atoms with Crippen LogP contribution in [0.1, 0.15) is 32.1 Å². The zero-order chi connectivity index (χ0) is 16.2. The van der Waals surface area contributed by atoms with Crippen LogP contribution in [-0.4, -0.2) is 76.2 Å². The summed E-state index contributed by atoms with van der Waals surface area (Å²) in [7, 11) is 0. The minimum absolute atomic E-state index is 0.0566. The zero-order valence-corrected chi connectivity index (χ0v) is 12.6. The Kier molecular flexibility index (Phi) is 5.36. The fraction of sp³-hybridized carbons (Fsp3) is 0.786. The first-order valence-electron chi connectivity index (χ1n) is 7.67. The highest BCUT2D eigenvalue weighted by atomic mass is 16.4. The topological polar surface area (TPSA) is 110 Å². The monoisotopic (exact) mass is 313 g/mol. The van der Waals surface area contributed by atoms with Crippen LogP contribution in [0.2, 0.25) is 0 Å². The lowest BCUT2D eigenvalue weighted by atomic mass is 9.87. The van der Waals surface area contributed by atoms with Crippen LogP contribution >= 0.6 is 0 Å². The van der Waals surface area contributed by atoms with Crippen molar-refractivity contribution in [3.8, 4) is 0 Å². The van der Waals surface area contributed by atoms with Gasteiger partial charge in [-0.2, -0.15) is 0 Å². The number of imide groups is 1. The molecule has 1 spiro atoms. The number of hydrogen-bond donors (Lipinski definition) is 3. The third kappa shape index (κ3) is 3.56. The van der Waals surface area contributed by atoms with Crippen LogP contribution in [0, 0.1) is 0 Å². The van der Waals surface area contributed by atoms with Crippen molar-refractivity contribution in [1.82, 2.24) is 15.1 Å². The van der Waals surface area contributed by atoms with Crippen molar-refractivity contribution >= 4 is 17.9 Å². The molecule has 2 rings (SSSR count). The molecule has 8 heteroatoms. The SMILES string of the molecule is O=C(O)CCCN1C(=O)NC2(CCN(CCCO)CC2)C1=O. The molecule has 0 atom stereocenters. The molecule has 0 aromatic heterocycles. The van der Waals surface area contributed by atoms with Gasteiger partial charge in [0.2, 0.25) is 0 Å². The van der Waals surface area contributed by atoms with Gasteiger partial charge in [-0.1, -0.05) is 0 Å². The molecule has 2 aliphatic rings. The van der Waals surface area contributed by atoms with E-state index in [4.69, 9.17) is 10.2 Å². The number of carbonyl (C=O) groups is 3. The molecule has 0 aromatic rings. The third-order valence-corrected chi connectivity index (χ3v) is 4.36. The van der Waals surface area contributed by atoms with E-state index in [-0.39, 0.29) is 31.9 Å². The summed E-state index contributed by atoms with van der Waals surface area (Å²) in [6, 6.07) is -0.417. The number of hydrogen-bond acceptors (Lipinski definition) is 5. The van der Waals surface area contributed by atoms with E-state index >= 15 is 0 Å². The number of aliphatic hydroxyl groups excluding tert-OH is 1. The van der Waals surface area contributed by atoms with Crippen molar-refractivity contribution in [1.29, 1.82) is 0 Å². The van der Waals surface area contributed by atoms with Gasteiger partial charge >= 0.3 is 12.0 Å². The second-order valence-electron chi connectivity index (χ2n) is 5.89. The minimum Gasteiger partial charge on any atom is -0.481 e. The van der Waals surface area contributed by atoms with Gasteiger partial charge in [-0.25, -0.2) is 4.79 Å². The number of piperidine rings is 1. The van der Waals surface area contributed by atoms with Gasteiger partial charge < -0.3 is 20.4 Å². The number of carbonyl (C=O) groups excluding carboxylic acids is 2. The van der Waals surface area contributed by atoms with Crippen LogP contribution in [0.15, 0.2) is 0 Å². The minimum atomic E-state index is -0.932. The molecule has 2 fully saturated rings. The molecule has 124 valence electrons. The van der Waals surface area contributed by atoms with E-state index in [2.05, 4.69) is 10.2 Å². The molecule has 0 radical (unpaired) electrons. The fourth-order valence-electron chi connectivity index (χ4n) is 3.06. The van der Waals surface area contributed by atoms with E-state index < -0.39 is 17.5 Å². The first-order chi connectivity index (χ1) is 10.5. The Bertz CT molecular complexity index is 446. The van der Waals surface area contributed by atoms with Crippen molar-refractivity contribution in [3.05, 3.63) is 0 Å². The van der Waals surface area contributed by atoms with Gasteiger partial charge in [0.15, 0.2) is 0 Å². The standard InChI is InChI=1S/C14H23N3O5/c18-10-2-6-16-8-4-14(5-9-16)12(21)17(13(22)15-14)7-1-3-11(19)20/h18H,1-10H2,(H,15,22)(H,19,20). The van der Waals surface area contributed by atoms with Gasteiger partial charge in [0.25, 0.3) is 5.91 Å². The first kappa shape index (κ1) is 16.7. The highest BCUT2D eigenvalue weighted by Crippen LogP contribution is 2.29. The highest BCUT2D eigenvalue weighted by molar-refractivity contribution is 6.07. The molecule has 2 saturated heterocycles. The first-order valence-corrected chi connectivity index (χ1v) is 7.67. The molecule has 0 aliphatic carbocycles. The van der Waals surface area contributed by atoms with E-state index in [9.17, 15) is 14.4 Å². The predicted octanol–water partition coefficient (Wildman–Crippen LogP) is -0.380. The Morgan fingerprint density at radius 3 is 2.45 bits per heavy atom. The van der Waals surface area contributed by atoms with Crippen LogP contribution in [0.3, 0.4) is 0 Å². The summed E-state index contributed by atoms with van der Waals surface area (Å²) in [5.74, 6) is -1.16. The Morgan fingerprint density at radius 1 is 1.18 bits per heavy atom. The number of aliphatic carboxylic acids is 1. The van der Waals surface area contributed by atoms with Crippen LogP contribution in [0.25, 0.3) is 0 Å². The number of likely N-dealkylation sites (tertiary alicyclic amines) is 1. The summed E-state index contributed by atoms with van der Waals surface area (Å²) in [6.45, 7) is 2.49. The number of carboxylic acid groups (broad SMARTS) is 1. The second kappa shape index (κ2) is 7.06. The number of aliphatic hydroxyl groups is 1. The van der Waals surface area contributed by atoms with E-state index in [0.29, 0.717) is 32.4 Å². The van der Waals surface area contributed by atoms with Gasteiger partial charge in [0.1, 0.15) is 5.54 Å². The van der Waals surface area contributed by atoms with Crippen LogP contribution in [0.5, 0.6) is 0 Å². The van der Waals surface area contributed by atoms with E-state index in [1.54, 1.807) is 0 Å². The Balaban J connectivity index is 1.89.